The largest absolute Gasteiger partial charge is 0.461 e. The van der Waals surface area contributed by atoms with Crippen LogP contribution in [0.2, 0.25) is 0 Å². The highest BCUT2D eigenvalue weighted by molar-refractivity contribution is 5.87. The van der Waals surface area contributed by atoms with Crippen LogP contribution in [0.1, 0.15) is 36.0 Å². The highest BCUT2D eigenvalue weighted by Gasteiger charge is 2.47. The van der Waals surface area contributed by atoms with Gasteiger partial charge in [-0.05, 0) is 44.7 Å². The maximum absolute atomic E-state index is 14.7. The normalized spacial score (nSPS) is 27.8. The van der Waals surface area contributed by atoms with Gasteiger partial charge in [-0.15, -0.1) is 0 Å². The van der Waals surface area contributed by atoms with Crippen LogP contribution in [0.5, 0.6) is 0 Å². The fraction of sp³-hybridized carbons (Fsp3) is 0.688. The number of hydrogen-bond acceptors (Lipinski definition) is 7. The number of carbonyl (C=O) groups excluding carboxylic acids is 2. The van der Waals surface area contributed by atoms with Crippen molar-refractivity contribution in [1.82, 2.24) is 15.8 Å². The SMILES string of the molecule is CCOC(=O)c1cc(COC(=O)NC[C@@]2(F)C[C@H]3CNC[C@H]3C2)on1. The molecule has 1 aromatic heterocycles. The van der Waals surface area contributed by atoms with Crippen LogP contribution in [0.3, 0.4) is 0 Å². The molecule has 138 valence electrons. The zero-order valence-corrected chi connectivity index (χ0v) is 14.0. The highest BCUT2D eigenvalue weighted by atomic mass is 19.1. The molecule has 0 radical (unpaired) electrons. The van der Waals surface area contributed by atoms with Crippen molar-refractivity contribution in [3.05, 3.63) is 17.5 Å². The molecule has 9 heteroatoms. The summed E-state index contributed by atoms with van der Waals surface area (Å²) in [5.74, 6) is 0.286. The van der Waals surface area contributed by atoms with E-state index in [9.17, 15) is 14.0 Å². The number of esters is 1. The number of fused-ring (bicyclic) bond motifs is 1. The molecule has 1 saturated carbocycles. The number of alkyl carbamates (subject to hydrolysis) is 1. The number of amides is 1. The van der Waals surface area contributed by atoms with Crippen molar-refractivity contribution in [1.29, 1.82) is 0 Å². The van der Waals surface area contributed by atoms with Gasteiger partial charge in [-0.1, -0.05) is 5.16 Å². The van der Waals surface area contributed by atoms with Crippen molar-refractivity contribution in [2.24, 2.45) is 11.8 Å². The molecule has 0 aromatic carbocycles. The molecule has 2 fully saturated rings. The second-order valence-corrected chi connectivity index (χ2v) is 6.57. The number of hydrogen-bond donors (Lipinski definition) is 2. The van der Waals surface area contributed by atoms with Gasteiger partial charge in [0, 0.05) is 6.07 Å². The zero-order chi connectivity index (χ0) is 17.9. The van der Waals surface area contributed by atoms with Crippen molar-refractivity contribution in [2.75, 3.05) is 26.2 Å². The summed E-state index contributed by atoms with van der Waals surface area (Å²) in [6.07, 6.45) is 0.174. The molecule has 3 atom stereocenters. The van der Waals surface area contributed by atoms with E-state index < -0.39 is 17.7 Å². The maximum atomic E-state index is 14.7. The fourth-order valence-corrected chi connectivity index (χ4v) is 3.53. The molecular formula is C16H22FN3O5. The van der Waals surface area contributed by atoms with Crippen molar-refractivity contribution in [3.8, 4) is 0 Å². The van der Waals surface area contributed by atoms with E-state index in [1.165, 1.54) is 6.07 Å². The number of nitrogens with zero attached hydrogens (tertiary/aromatic N) is 1. The number of alkyl halides is 1. The average molecular weight is 355 g/mol. The van der Waals surface area contributed by atoms with Gasteiger partial charge >= 0.3 is 12.1 Å². The van der Waals surface area contributed by atoms with E-state index in [-0.39, 0.29) is 31.2 Å². The predicted molar refractivity (Wildman–Crippen MR) is 83.6 cm³/mol. The van der Waals surface area contributed by atoms with Gasteiger partial charge in [0.1, 0.15) is 5.67 Å². The van der Waals surface area contributed by atoms with Gasteiger partial charge in [0.15, 0.2) is 18.1 Å². The average Bonchev–Trinajstić information content (AvgIpc) is 3.26. The minimum atomic E-state index is -1.38. The Morgan fingerprint density at radius 1 is 1.40 bits per heavy atom. The molecule has 2 aliphatic rings. The van der Waals surface area contributed by atoms with Crippen LogP contribution in [-0.2, 0) is 16.1 Å². The van der Waals surface area contributed by atoms with Crippen LogP contribution in [0.15, 0.2) is 10.6 Å². The highest BCUT2D eigenvalue weighted by Crippen LogP contribution is 2.43. The second-order valence-electron chi connectivity index (χ2n) is 6.57. The molecule has 0 bridgehead atoms. The van der Waals surface area contributed by atoms with E-state index in [1.807, 2.05) is 0 Å². The number of carbonyl (C=O) groups is 2. The van der Waals surface area contributed by atoms with Gasteiger partial charge in [0.2, 0.25) is 0 Å². The smallest absolute Gasteiger partial charge is 0.407 e. The van der Waals surface area contributed by atoms with Crippen molar-refractivity contribution in [2.45, 2.75) is 32.0 Å². The lowest BCUT2D eigenvalue weighted by molar-refractivity contribution is 0.0514. The monoisotopic (exact) mass is 355 g/mol. The molecule has 1 aromatic rings. The van der Waals surface area contributed by atoms with Crippen LogP contribution >= 0.6 is 0 Å². The summed E-state index contributed by atoms with van der Waals surface area (Å²) >= 11 is 0. The van der Waals surface area contributed by atoms with Crippen LogP contribution in [0.25, 0.3) is 0 Å². The molecule has 1 amide bonds. The molecule has 1 saturated heterocycles. The lowest BCUT2D eigenvalue weighted by atomic mass is 10.0. The first-order valence-corrected chi connectivity index (χ1v) is 8.42. The van der Waals surface area contributed by atoms with E-state index in [0.29, 0.717) is 24.7 Å². The third-order valence-corrected chi connectivity index (χ3v) is 4.67. The van der Waals surface area contributed by atoms with E-state index in [0.717, 1.165) is 13.1 Å². The van der Waals surface area contributed by atoms with Gasteiger partial charge in [0.25, 0.3) is 0 Å². The molecule has 3 rings (SSSR count). The van der Waals surface area contributed by atoms with Crippen molar-refractivity contribution >= 4 is 12.1 Å². The summed E-state index contributed by atoms with van der Waals surface area (Å²) in [6.45, 7) is 3.32. The Morgan fingerprint density at radius 3 is 2.80 bits per heavy atom. The molecule has 2 N–H and O–H groups in total. The quantitative estimate of drug-likeness (QED) is 0.744. The van der Waals surface area contributed by atoms with Gasteiger partial charge in [-0.2, -0.15) is 0 Å². The standard InChI is InChI=1S/C16H22FN3O5/c1-2-23-14(21)13-3-12(25-20-13)8-24-15(22)19-9-16(17)4-10-6-18-7-11(10)5-16/h3,10-11,18H,2,4-9H2,1H3,(H,19,22)/t10-,11+,16+. The first-order valence-electron chi connectivity index (χ1n) is 8.42. The summed E-state index contributed by atoms with van der Waals surface area (Å²) < 4.78 is 29.4. The van der Waals surface area contributed by atoms with Crippen LogP contribution in [0.4, 0.5) is 9.18 Å². The summed E-state index contributed by atoms with van der Waals surface area (Å²) in [5.41, 5.74) is -1.37. The molecular weight excluding hydrogens is 333 g/mol. The van der Waals surface area contributed by atoms with Gasteiger partial charge in [-0.3, -0.25) is 0 Å². The minimum absolute atomic E-state index is 0.00896. The fourth-order valence-electron chi connectivity index (χ4n) is 3.53. The Labute approximate surface area is 144 Å². The van der Waals surface area contributed by atoms with Gasteiger partial charge in [-0.25, -0.2) is 14.0 Å². The van der Waals surface area contributed by atoms with Gasteiger partial charge < -0.3 is 24.6 Å². The third-order valence-electron chi connectivity index (χ3n) is 4.67. The Kier molecular flexibility index (Phi) is 5.22. The first-order chi connectivity index (χ1) is 12.0. The molecule has 0 spiro atoms. The lowest BCUT2D eigenvalue weighted by Gasteiger charge is -2.20. The Balaban J connectivity index is 1.40. The van der Waals surface area contributed by atoms with Crippen molar-refractivity contribution < 1.29 is 28.0 Å². The molecule has 8 nitrogen and oxygen atoms in total. The number of rotatable bonds is 6. The van der Waals surface area contributed by atoms with Crippen LogP contribution in [0, 0.1) is 11.8 Å². The summed E-state index contributed by atoms with van der Waals surface area (Å²) in [6, 6.07) is 1.34. The summed E-state index contributed by atoms with van der Waals surface area (Å²) in [4.78, 5) is 23.2. The van der Waals surface area contributed by atoms with Crippen LogP contribution < -0.4 is 10.6 Å². The topological polar surface area (TPSA) is 103 Å². The molecule has 0 unspecified atom stereocenters. The number of aromatic nitrogens is 1. The summed E-state index contributed by atoms with van der Waals surface area (Å²) in [5, 5.41) is 9.26. The Morgan fingerprint density at radius 2 is 2.12 bits per heavy atom. The molecule has 2 heterocycles. The molecule has 25 heavy (non-hydrogen) atoms. The Hall–Kier alpha value is -2.16. The van der Waals surface area contributed by atoms with Gasteiger partial charge in [0.05, 0.1) is 13.2 Å². The van der Waals surface area contributed by atoms with E-state index in [4.69, 9.17) is 14.0 Å². The minimum Gasteiger partial charge on any atom is -0.461 e. The number of halogens is 1. The number of nitrogens with one attached hydrogen (secondary N) is 2. The predicted octanol–water partition coefficient (Wildman–Crippen LogP) is 1.42. The lowest BCUT2D eigenvalue weighted by Crippen LogP contribution is -2.39. The molecule has 1 aliphatic carbocycles. The van der Waals surface area contributed by atoms with E-state index >= 15 is 0 Å². The van der Waals surface area contributed by atoms with E-state index in [2.05, 4.69) is 15.8 Å². The third kappa shape index (κ3) is 4.28. The Bertz CT molecular complexity index is 623. The number of ether oxygens (including phenoxy) is 2. The van der Waals surface area contributed by atoms with E-state index in [1.54, 1.807) is 6.92 Å². The first kappa shape index (κ1) is 17.7. The summed E-state index contributed by atoms with van der Waals surface area (Å²) in [7, 11) is 0. The zero-order valence-electron chi connectivity index (χ0n) is 14.0. The van der Waals surface area contributed by atoms with Crippen molar-refractivity contribution in [3.63, 3.8) is 0 Å². The maximum Gasteiger partial charge on any atom is 0.407 e. The van der Waals surface area contributed by atoms with Crippen LogP contribution in [-0.4, -0.2) is 49.1 Å². The second kappa shape index (κ2) is 7.38. The molecule has 1 aliphatic heterocycles.